The van der Waals surface area contributed by atoms with Crippen LogP contribution in [0.3, 0.4) is 0 Å². The topological polar surface area (TPSA) is 50.3 Å². The lowest BCUT2D eigenvalue weighted by Crippen LogP contribution is -2.47. The van der Waals surface area contributed by atoms with Crippen LogP contribution in [-0.2, 0) is 4.74 Å². The van der Waals surface area contributed by atoms with Crippen molar-refractivity contribution in [2.24, 2.45) is 0 Å². The van der Waals surface area contributed by atoms with E-state index in [0.717, 1.165) is 32.5 Å². The second kappa shape index (κ2) is 7.50. The van der Waals surface area contributed by atoms with E-state index in [1.54, 1.807) is 14.0 Å². The number of hydrogen-bond acceptors (Lipinski definition) is 5. The maximum absolute atomic E-state index is 14.2. The van der Waals surface area contributed by atoms with E-state index in [-0.39, 0.29) is 11.9 Å². The normalized spacial score (nSPS) is 19.4. The number of halogens is 1. The fourth-order valence-corrected chi connectivity index (χ4v) is 2.58. The Morgan fingerprint density at radius 2 is 2.30 bits per heavy atom. The third-order valence-electron chi connectivity index (χ3n) is 3.71. The van der Waals surface area contributed by atoms with Gasteiger partial charge in [0.05, 0.1) is 12.3 Å². The van der Waals surface area contributed by atoms with Gasteiger partial charge >= 0.3 is 0 Å². The Morgan fingerprint density at radius 3 is 3.10 bits per heavy atom. The van der Waals surface area contributed by atoms with Crippen LogP contribution in [0.4, 0.5) is 10.2 Å². The first-order chi connectivity index (χ1) is 9.74. The third kappa shape index (κ3) is 3.64. The molecule has 1 aromatic rings. The van der Waals surface area contributed by atoms with Gasteiger partial charge in [0.1, 0.15) is 6.33 Å². The van der Waals surface area contributed by atoms with Gasteiger partial charge in [-0.25, -0.2) is 14.4 Å². The van der Waals surface area contributed by atoms with Crippen molar-refractivity contribution in [1.29, 1.82) is 0 Å². The minimum absolute atomic E-state index is 0.282. The number of aryl methyl sites for hydroxylation is 1. The van der Waals surface area contributed by atoms with Crippen molar-refractivity contribution in [2.45, 2.75) is 32.2 Å². The van der Waals surface area contributed by atoms with Crippen LogP contribution >= 0.6 is 0 Å². The highest BCUT2D eigenvalue weighted by Gasteiger charge is 2.26. The lowest BCUT2D eigenvalue weighted by Gasteiger charge is -2.37. The van der Waals surface area contributed by atoms with E-state index in [9.17, 15) is 4.39 Å². The van der Waals surface area contributed by atoms with Gasteiger partial charge in [-0.05, 0) is 26.2 Å². The third-order valence-corrected chi connectivity index (χ3v) is 3.71. The molecule has 2 rings (SSSR count). The van der Waals surface area contributed by atoms with Gasteiger partial charge in [-0.1, -0.05) is 0 Å². The smallest absolute Gasteiger partial charge is 0.186 e. The summed E-state index contributed by atoms with van der Waals surface area (Å²) in [5, 5.41) is 3.36. The Morgan fingerprint density at radius 1 is 1.45 bits per heavy atom. The summed E-state index contributed by atoms with van der Waals surface area (Å²) >= 11 is 0. The van der Waals surface area contributed by atoms with Gasteiger partial charge in [0.15, 0.2) is 11.6 Å². The standard InChI is InChI=1S/C14H23FN4O/c1-11-13(15)14(18-10-17-11)19-7-4-3-5-12(19)9-16-6-8-20-2/h10,12,16H,3-9H2,1-2H3. The number of nitrogens with one attached hydrogen (secondary N) is 1. The molecule has 1 aromatic heterocycles. The molecule has 0 spiro atoms. The van der Waals surface area contributed by atoms with Gasteiger partial charge in [-0.3, -0.25) is 0 Å². The molecule has 1 aliphatic heterocycles. The average molecular weight is 282 g/mol. The number of ether oxygens (including phenoxy) is 1. The van der Waals surface area contributed by atoms with Crippen molar-refractivity contribution in [3.05, 3.63) is 17.8 Å². The maximum atomic E-state index is 14.2. The summed E-state index contributed by atoms with van der Waals surface area (Å²) in [5.41, 5.74) is 0.409. The predicted octanol–water partition coefficient (Wildman–Crippen LogP) is 1.52. The molecule has 0 amide bonds. The van der Waals surface area contributed by atoms with E-state index in [1.807, 2.05) is 0 Å². The SMILES string of the molecule is COCCNCC1CCCCN1c1ncnc(C)c1F. The molecule has 0 radical (unpaired) electrons. The van der Waals surface area contributed by atoms with Crippen molar-refractivity contribution in [3.63, 3.8) is 0 Å². The first kappa shape index (κ1) is 15.1. The van der Waals surface area contributed by atoms with Gasteiger partial charge in [-0.2, -0.15) is 0 Å². The molecular weight excluding hydrogens is 259 g/mol. The Kier molecular flexibility index (Phi) is 5.67. The summed E-state index contributed by atoms with van der Waals surface area (Å²) < 4.78 is 19.2. The van der Waals surface area contributed by atoms with E-state index in [2.05, 4.69) is 20.2 Å². The Bertz CT molecular complexity index is 430. The molecule has 1 unspecified atom stereocenters. The van der Waals surface area contributed by atoms with Crippen molar-refractivity contribution < 1.29 is 9.13 Å². The van der Waals surface area contributed by atoms with Gasteiger partial charge in [0, 0.05) is 32.8 Å². The van der Waals surface area contributed by atoms with E-state index < -0.39 is 0 Å². The summed E-state index contributed by atoms with van der Waals surface area (Å²) in [6, 6.07) is 0.282. The molecule has 1 saturated heterocycles. The van der Waals surface area contributed by atoms with Crippen LogP contribution in [0.1, 0.15) is 25.0 Å². The maximum Gasteiger partial charge on any atom is 0.186 e. The van der Waals surface area contributed by atoms with Crippen molar-refractivity contribution in [2.75, 3.05) is 38.3 Å². The number of methoxy groups -OCH3 is 1. The van der Waals surface area contributed by atoms with E-state index in [0.29, 0.717) is 18.1 Å². The fraction of sp³-hybridized carbons (Fsp3) is 0.714. The number of hydrogen-bond donors (Lipinski definition) is 1. The van der Waals surface area contributed by atoms with Crippen LogP contribution in [-0.4, -0.2) is 49.4 Å². The first-order valence-corrected chi connectivity index (χ1v) is 7.17. The number of rotatable bonds is 6. The van der Waals surface area contributed by atoms with E-state index in [4.69, 9.17) is 4.74 Å². The van der Waals surface area contributed by atoms with Gasteiger partial charge in [0.2, 0.25) is 0 Å². The van der Waals surface area contributed by atoms with Gasteiger partial charge in [0.25, 0.3) is 0 Å². The molecule has 0 aromatic carbocycles. The van der Waals surface area contributed by atoms with Crippen LogP contribution in [0.5, 0.6) is 0 Å². The highest BCUT2D eigenvalue weighted by atomic mass is 19.1. The van der Waals surface area contributed by atoms with Crippen molar-refractivity contribution in [1.82, 2.24) is 15.3 Å². The second-order valence-electron chi connectivity index (χ2n) is 5.14. The Hall–Kier alpha value is -1.27. The molecule has 1 fully saturated rings. The number of aromatic nitrogens is 2. The number of nitrogens with zero attached hydrogens (tertiary/aromatic N) is 3. The monoisotopic (exact) mass is 282 g/mol. The first-order valence-electron chi connectivity index (χ1n) is 7.17. The molecule has 1 aliphatic rings. The minimum atomic E-state index is -0.295. The molecule has 0 aliphatic carbocycles. The summed E-state index contributed by atoms with van der Waals surface area (Å²) in [6.07, 6.45) is 4.76. The van der Waals surface area contributed by atoms with Crippen LogP contribution in [0.2, 0.25) is 0 Å². The quantitative estimate of drug-likeness (QED) is 0.802. The molecular formula is C14H23FN4O. The Balaban J connectivity index is 2.04. The molecule has 1 atom stereocenters. The summed E-state index contributed by atoms with van der Waals surface area (Å²) in [6.45, 7) is 4.85. The fourth-order valence-electron chi connectivity index (χ4n) is 2.58. The lowest BCUT2D eigenvalue weighted by atomic mass is 10.0. The van der Waals surface area contributed by atoms with E-state index >= 15 is 0 Å². The zero-order valence-corrected chi connectivity index (χ0v) is 12.2. The van der Waals surface area contributed by atoms with Gasteiger partial charge < -0.3 is 15.0 Å². The molecule has 0 bridgehead atoms. The number of anilines is 1. The molecule has 0 saturated carbocycles. The van der Waals surface area contributed by atoms with Crippen LogP contribution in [0.25, 0.3) is 0 Å². The molecule has 1 N–H and O–H groups in total. The average Bonchev–Trinajstić information content (AvgIpc) is 2.47. The van der Waals surface area contributed by atoms with Crippen molar-refractivity contribution in [3.8, 4) is 0 Å². The van der Waals surface area contributed by atoms with E-state index in [1.165, 1.54) is 12.7 Å². The zero-order chi connectivity index (χ0) is 14.4. The molecule has 2 heterocycles. The molecule has 5 nitrogen and oxygen atoms in total. The molecule has 6 heteroatoms. The molecule has 112 valence electrons. The van der Waals surface area contributed by atoms with Crippen LogP contribution in [0, 0.1) is 12.7 Å². The Labute approximate surface area is 119 Å². The largest absolute Gasteiger partial charge is 0.383 e. The minimum Gasteiger partial charge on any atom is -0.383 e. The highest BCUT2D eigenvalue weighted by molar-refractivity contribution is 5.42. The molecule has 20 heavy (non-hydrogen) atoms. The number of piperidine rings is 1. The highest BCUT2D eigenvalue weighted by Crippen LogP contribution is 2.25. The lowest BCUT2D eigenvalue weighted by molar-refractivity contribution is 0.198. The second-order valence-corrected chi connectivity index (χ2v) is 5.14. The van der Waals surface area contributed by atoms with Crippen LogP contribution < -0.4 is 10.2 Å². The summed E-state index contributed by atoms with van der Waals surface area (Å²) in [4.78, 5) is 10.1. The predicted molar refractivity (Wildman–Crippen MR) is 76.5 cm³/mol. The summed E-state index contributed by atoms with van der Waals surface area (Å²) in [7, 11) is 1.69. The van der Waals surface area contributed by atoms with Crippen LogP contribution in [0.15, 0.2) is 6.33 Å². The van der Waals surface area contributed by atoms with Crippen molar-refractivity contribution >= 4 is 5.82 Å². The summed E-state index contributed by atoms with van der Waals surface area (Å²) in [5.74, 6) is 0.145. The van der Waals surface area contributed by atoms with Gasteiger partial charge in [-0.15, -0.1) is 0 Å². The zero-order valence-electron chi connectivity index (χ0n) is 12.2.